The molecule has 3 heterocycles. The molecule has 0 saturated heterocycles. The summed E-state index contributed by atoms with van der Waals surface area (Å²) in [4.78, 5) is 19.5. The normalized spacial score (nSPS) is 11.1. The average molecular weight is 399 g/mol. The zero-order valence-electron chi connectivity index (χ0n) is 15.8. The van der Waals surface area contributed by atoms with Gasteiger partial charge >= 0.3 is 0 Å². The average Bonchev–Trinajstić information content (AvgIpc) is 3.43. The van der Waals surface area contributed by atoms with E-state index in [0.29, 0.717) is 29.5 Å². The van der Waals surface area contributed by atoms with E-state index in [9.17, 15) is 4.79 Å². The van der Waals surface area contributed by atoms with Crippen LogP contribution in [0.5, 0.6) is 5.88 Å². The van der Waals surface area contributed by atoms with Crippen molar-refractivity contribution < 1.29 is 9.53 Å². The van der Waals surface area contributed by atoms with Gasteiger partial charge in [-0.15, -0.1) is 15.3 Å². The summed E-state index contributed by atoms with van der Waals surface area (Å²) in [6.07, 6.45) is 1.60. The van der Waals surface area contributed by atoms with Crippen LogP contribution in [0.3, 0.4) is 0 Å². The molecule has 0 radical (unpaired) electrons. The molecule has 5 aromatic rings. The number of nitrogens with one attached hydrogen (secondary N) is 2. The summed E-state index contributed by atoms with van der Waals surface area (Å²) in [5.41, 5.74) is 3.74. The van der Waals surface area contributed by atoms with E-state index in [1.807, 2.05) is 30.3 Å². The smallest absolute Gasteiger partial charge is 0.251 e. The van der Waals surface area contributed by atoms with Crippen LogP contribution in [0.25, 0.3) is 28.1 Å². The van der Waals surface area contributed by atoms with E-state index >= 15 is 0 Å². The number of nitrogens with zero attached hydrogens (tertiary/aromatic N) is 5. The summed E-state index contributed by atoms with van der Waals surface area (Å²) in [5, 5.41) is 15.6. The van der Waals surface area contributed by atoms with Crippen LogP contribution in [0.2, 0.25) is 0 Å². The van der Waals surface area contributed by atoms with Crippen LogP contribution in [-0.2, 0) is 0 Å². The van der Waals surface area contributed by atoms with Gasteiger partial charge in [0.15, 0.2) is 11.5 Å². The van der Waals surface area contributed by atoms with Crippen LogP contribution >= 0.6 is 0 Å². The Hall–Kier alpha value is -4.27. The first-order valence-electron chi connectivity index (χ1n) is 9.40. The number of aromatic nitrogens is 6. The summed E-state index contributed by atoms with van der Waals surface area (Å²) >= 11 is 0. The minimum absolute atomic E-state index is 0.177. The number of imidazole rings is 1. The summed E-state index contributed by atoms with van der Waals surface area (Å²) in [5.74, 6) is 0.884. The minimum Gasteiger partial charge on any atom is -0.475 e. The summed E-state index contributed by atoms with van der Waals surface area (Å²) in [6.45, 7) is 0.618. The molecule has 148 valence electrons. The van der Waals surface area contributed by atoms with Gasteiger partial charge < -0.3 is 15.0 Å². The molecule has 0 aliphatic rings. The van der Waals surface area contributed by atoms with Gasteiger partial charge in [0.05, 0.1) is 23.9 Å². The van der Waals surface area contributed by atoms with Crippen LogP contribution in [0.1, 0.15) is 10.4 Å². The monoisotopic (exact) mass is 399 g/mol. The van der Waals surface area contributed by atoms with Gasteiger partial charge in [0.25, 0.3) is 5.91 Å². The number of ether oxygens (including phenoxy) is 1. The third-order valence-corrected chi connectivity index (χ3v) is 4.59. The molecule has 2 N–H and O–H groups in total. The molecule has 0 atom stereocenters. The van der Waals surface area contributed by atoms with Gasteiger partial charge in [0.1, 0.15) is 6.61 Å². The van der Waals surface area contributed by atoms with Crippen molar-refractivity contribution in [1.29, 1.82) is 0 Å². The lowest BCUT2D eigenvalue weighted by Gasteiger charge is -2.08. The van der Waals surface area contributed by atoms with Crippen molar-refractivity contribution in [2.24, 2.45) is 0 Å². The second-order valence-electron chi connectivity index (χ2n) is 6.57. The molecule has 0 bridgehead atoms. The number of H-pyrrole nitrogens is 1. The Kier molecular flexibility index (Phi) is 4.53. The highest BCUT2D eigenvalue weighted by molar-refractivity contribution is 5.97. The number of benzene rings is 2. The van der Waals surface area contributed by atoms with Crippen molar-refractivity contribution in [3.8, 4) is 17.3 Å². The Morgan fingerprint density at radius 1 is 1.07 bits per heavy atom. The highest BCUT2D eigenvalue weighted by atomic mass is 16.5. The third kappa shape index (κ3) is 3.44. The van der Waals surface area contributed by atoms with Crippen molar-refractivity contribution in [1.82, 2.24) is 35.1 Å². The highest BCUT2D eigenvalue weighted by Crippen LogP contribution is 2.18. The van der Waals surface area contributed by atoms with E-state index in [4.69, 9.17) is 4.74 Å². The van der Waals surface area contributed by atoms with Gasteiger partial charge in [0, 0.05) is 17.2 Å². The molecular formula is C21H17N7O2. The maximum absolute atomic E-state index is 12.3. The molecule has 0 fully saturated rings. The Balaban J connectivity index is 1.22. The number of hydrogen-bond donors (Lipinski definition) is 2. The standard InChI is InChI=1S/C21H17N7O2/c29-21(15-6-7-16-17(12-15)24-13-23-16)22-10-11-30-19-9-8-18-25-26-20(28(18)27-19)14-4-2-1-3-5-14/h1-9,12-13H,10-11H2,(H,22,29)(H,23,24). The van der Waals surface area contributed by atoms with E-state index in [2.05, 4.69) is 30.6 Å². The Morgan fingerprint density at radius 2 is 1.97 bits per heavy atom. The van der Waals surface area contributed by atoms with Gasteiger partial charge in [-0.3, -0.25) is 4.79 Å². The van der Waals surface area contributed by atoms with E-state index in [-0.39, 0.29) is 12.5 Å². The molecule has 5 rings (SSSR count). The third-order valence-electron chi connectivity index (χ3n) is 4.59. The second-order valence-corrected chi connectivity index (χ2v) is 6.57. The summed E-state index contributed by atoms with van der Waals surface area (Å²) in [6, 6.07) is 18.5. The Labute approximate surface area is 170 Å². The molecule has 0 aliphatic carbocycles. The van der Waals surface area contributed by atoms with Crippen LogP contribution < -0.4 is 10.1 Å². The first-order valence-corrected chi connectivity index (χ1v) is 9.40. The molecule has 0 aliphatic heterocycles. The van der Waals surface area contributed by atoms with Crippen LogP contribution in [0.15, 0.2) is 67.0 Å². The van der Waals surface area contributed by atoms with E-state index < -0.39 is 0 Å². The fourth-order valence-electron chi connectivity index (χ4n) is 3.12. The number of fused-ring (bicyclic) bond motifs is 2. The van der Waals surface area contributed by atoms with Crippen molar-refractivity contribution in [2.75, 3.05) is 13.2 Å². The van der Waals surface area contributed by atoms with Crippen molar-refractivity contribution >= 4 is 22.6 Å². The maximum Gasteiger partial charge on any atom is 0.251 e. The zero-order valence-corrected chi connectivity index (χ0v) is 15.8. The molecule has 9 nitrogen and oxygen atoms in total. The number of amides is 1. The largest absolute Gasteiger partial charge is 0.475 e. The lowest BCUT2D eigenvalue weighted by molar-refractivity contribution is 0.0946. The number of carbonyl (C=O) groups excluding carboxylic acids is 1. The minimum atomic E-state index is -0.177. The molecule has 3 aromatic heterocycles. The Morgan fingerprint density at radius 3 is 2.87 bits per heavy atom. The number of aromatic amines is 1. The van der Waals surface area contributed by atoms with Crippen molar-refractivity contribution in [2.45, 2.75) is 0 Å². The summed E-state index contributed by atoms with van der Waals surface area (Å²) in [7, 11) is 0. The molecule has 9 heteroatoms. The Bertz CT molecular complexity index is 1330. The van der Waals surface area contributed by atoms with Gasteiger partial charge in [-0.25, -0.2) is 4.98 Å². The molecular weight excluding hydrogens is 382 g/mol. The van der Waals surface area contributed by atoms with E-state index in [0.717, 1.165) is 16.6 Å². The molecule has 0 spiro atoms. The molecule has 1 amide bonds. The van der Waals surface area contributed by atoms with Crippen LogP contribution in [0.4, 0.5) is 0 Å². The fourth-order valence-corrected chi connectivity index (χ4v) is 3.12. The number of hydrogen-bond acceptors (Lipinski definition) is 6. The first-order chi connectivity index (χ1) is 14.8. The van der Waals surface area contributed by atoms with Gasteiger partial charge in [-0.2, -0.15) is 4.52 Å². The van der Waals surface area contributed by atoms with Crippen LogP contribution in [-0.4, -0.2) is 48.8 Å². The van der Waals surface area contributed by atoms with Crippen LogP contribution in [0, 0.1) is 0 Å². The second kappa shape index (κ2) is 7.63. The molecule has 0 saturated carbocycles. The summed E-state index contributed by atoms with van der Waals surface area (Å²) < 4.78 is 7.34. The number of rotatable bonds is 6. The first kappa shape index (κ1) is 17.8. The lowest BCUT2D eigenvalue weighted by atomic mass is 10.2. The van der Waals surface area contributed by atoms with Gasteiger partial charge in [-0.1, -0.05) is 30.3 Å². The van der Waals surface area contributed by atoms with Crippen molar-refractivity contribution in [3.05, 3.63) is 72.6 Å². The van der Waals surface area contributed by atoms with Gasteiger partial charge in [-0.05, 0) is 24.3 Å². The van der Waals surface area contributed by atoms with Crippen molar-refractivity contribution in [3.63, 3.8) is 0 Å². The highest BCUT2D eigenvalue weighted by Gasteiger charge is 2.11. The maximum atomic E-state index is 12.3. The quantitative estimate of drug-likeness (QED) is 0.425. The number of carbonyl (C=O) groups is 1. The van der Waals surface area contributed by atoms with Gasteiger partial charge in [0.2, 0.25) is 5.88 Å². The fraction of sp³-hybridized carbons (Fsp3) is 0.0952. The molecule has 30 heavy (non-hydrogen) atoms. The SMILES string of the molecule is O=C(NCCOc1ccc2nnc(-c3ccccc3)n2n1)c1ccc2nc[nH]c2c1. The lowest BCUT2D eigenvalue weighted by Crippen LogP contribution is -2.28. The predicted octanol–water partition coefficient (Wildman–Crippen LogP) is 2.48. The van der Waals surface area contributed by atoms with E-state index in [1.54, 1.807) is 41.2 Å². The van der Waals surface area contributed by atoms with E-state index in [1.165, 1.54) is 0 Å². The zero-order chi connectivity index (χ0) is 20.3. The molecule has 0 unspecified atom stereocenters. The predicted molar refractivity (Wildman–Crippen MR) is 110 cm³/mol. The molecule has 2 aromatic carbocycles. The topological polar surface area (TPSA) is 110 Å².